The molecule has 11 heavy (non-hydrogen) atoms. The van der Waals surface area contributed by atoms with Crippen molar-refractivity contribution in [1.29, 1.82) is 0 Å². The maximum atomic E-state index is 10.3. The van der Waals surface area contributed by atoms with Crippen LogP contribution in [0.2, 0.25) is 0 Å². The smallest absolute Gasteiger partial charge is 0.304 e. The van der Waals surface area contributed by atoms with Crippen molar-refractivity contribution in [1.82, 2.24) is 9.55 Å². The van der Waals surface area contributed by atoms with Gasteiger partial charge in [-0.2, -0.15) is 0 Å². The van der Waals surface area contributed by atoms with Gasteiger partial charge in [0.05, 0.1) is 12.5 Å². The predicted octanol–water partition coefficient (Wildman–Crippen LogP) is -0.0141. The molecule has 0 bridgehead atoms. The molecule has 0 fully saturated rings. The third-order valence-electron chi connectivity index (χ3n) is 1.07. The molecule has 0 aliphatic heterocycles. The SMILES string of the molecule is CC(=O)OCn1cnc(N)c1. The Morgan fingerprint density at radius 1 is 1.91 bits per heavy atom. The second kappa shape index (κ2) is 3.05. The highest BCUT2D eigenvalue weighted by Crippen LogP contribution is 1.96. The fraction of sp³-hybridized carbons (Fsp3) is 0.333. The number of nitrogens with zero attached hydrogens (tertiary/aromatic N) is 2. The standard InChI is InChI=1S/C6H9N3O2/c1-5(10)11-4-9-2-6(7)8-3-9/h2-3H,4,7H2,1H3. The van der Waals surface area contributed by atoms with Crippen LogP contribution in [0.25, 0.3) is 0 Å². The number of anilines is 1. The molecule has 2 N–H and O–H groups in total. The van der Waals surface area contributed by atoms with Gasteiger partial charge >= 0.3 is 5.97 Å². The summed E-state index contributed by atoms with van der Waals surface area (Å²) >= 11 is 0. The minimum atomic E-state index is -0.322. The Balaban J connectivity index is 2.45. The second-order valence-corrected chi connectivity index (χ2v) is 2.08. The number of aromatic nitrogens is 2. The largest absolute Gasteiger partial charge is 0.444 e. The molecule has 1 aromatic heterocycles. The van der Waals surface area contributed by atoms with E-state index in [4.69, 9.17) is 5.73 Å². The maximum absolute atomic E-state index is 10.3. The first-order valence-corrected chi connectivity index (χ1v) is 3.09. The lowest BCUT2D eigenvalue weighted by molar-refractivity contribution is -0.144. The van der Waals surface area contributed by atoms with Crippen molar-refractivity contribution in [3.63, 3.8) is 0 Å². The average Bonchev–Trinajstić information content (AvgIpc) is 2.31. The second-order valence-electron chi connectivity index (χ2n) is 2.08. The summed E-state index contributed by atoms with van der Waals surface area (Å²) in [6, 6.07) is 0. The average molecular weight is 155 g/mol. The molecule has 5 nitrogen and oxygen atoms in total. The summed E-state index contributed by atoms with van der Waals surface area (Å²) in [5, 5.41) is 0. The summed E-state index contributed by atoms with van der Waals surface area (Å²) in [6.45, 7) is 1.51. The van der Waals surface area contributed by atoms with Gasteiger partial charge in [0.15, 0.2) is 6.73 Å². The summed E-state index contributed by atoms with van der Waals surface area (Å²) in [6.07, 6.45) is 3.08. The van der Waals surface area contributed by atoms with Crippen LogP contribution in [0.3, 0.4) is 0 Å². The summed E-state index contributed by atoms with van der Waals surface area (Å²) < 4.78 is 6.25. The van der Waals surface area contributed by atoms with Crippen molar-refractivity contribution in [2.45, 2.75) is 13.7 Å². The number of esters is 1. The van der Waals surface area contributed by atoms with Crippen molar-refractivity contribution < 1.29 is 9.53 Å². The molecule has 1 aromatic rings. The van der Waals surface area contributed by atoms with Crippen molar-refractivity contribution in [2.24, 2.45) is 0 Å². The van der Waals surface area contributed by atoms with Crippen LogP contribution in [0.15, 0.2) is 12.5 Å². The summed E-state index contributed by atoms with van der Waals surface area (Å²) in [7, 11) is 0. The van der Waals surface area contributed by atoms with Crippen molar-refractivity contribution in [3.8, 4) is 0 Å². The molecule has 0 unspecified atom stereocenters. The van der Waals surface area contributed by atoms with Crippen LogP contribution < -0.4 is 5.73 Å². The third kappa shape index (κ3) is 2.29. The van der Waals surface area contributed by atoms with Gasteiger partial charge in [0, 0.05) is 6.92 Å². The van der Waals surface area contributed by atoms with Crippen LogP contribution in [0.1, 0.15) is 6.92 Å². The minimum absolute atomic E-state index is 0.166. The van der Waals surface area contributed by atoms with E-state index >= 15 is 0 Å². The quantitative estimate of drug-likeness (QED) is 0.609. The van der Waals surface area contributed by atoms with Crippen LogP contribution >= 0.6 is 0 Å². The molecule has 0 atom stereocenters. The fourth-order valence-corrected chi connectivity index (χ4v) is 0.613. The lowest BCUT2D eigenvalue weighted by atomic mass is 10.8. The van der Waals surface area contributed by atoms with Gasteiger partial charge in [0.1, 0.15) is 5.82 Å². The molecule has 0 aromatic carbocycles. The summed E-state index contributed by atoms with van der Waals surface area (Å²) in [5.41, 5.74) is 5.31. The molecule has 1 heterocycles. The van der Waals surface area contributed by atoms with E-state index in [1.54, 1.807) is 10.8 Å². The molecule has 5 heteroatoms. The number of nitrogen functional groups attached to an aromatic ring is 1. The Kier molecular flexibility index (Phi) is 2.10. The Bertz CT molecular complexity index is 256. The van der Waals surface area contributed by atoms with E-state index in [9.17, 15) is 4.79 Å². The Hall–Kier alpha value is -1.52. The molecular formula is C6H9N3O2. The molecule has 0 aliphatic carbocycles. The Labute approximate surface area is 63.8 Å². The number of ether oxygens (including phenoxy) is 1. The molecule has 0 aliphatic rings. The van der Waals surface area contributed by atoms with Gasteiger partial charge in [-0.15, -0.1) is 0 Å². The van der Waals surface area contributed by atoms with Gasteiger partial charge in [0.2, 0.25) is 0 Å². The molecule has 0 spiro atoms. The van der Waals surface area contributed by atoms with Crippen molar-refractivity contribution in [3.05, 3.63) is 12.5 Å². The van der Waals surface area contributed by atoms with Crippen molar-refractivity contribution in [2.75, 3.05) is 5.73 Å². The monoisotopic (exact) mass is 155 g/mol. The number of hydrogen-bond acceptors (Lipinski definition) is 4. The summed E-state index contributed by atoms with van der Waals surface area (Å²) in [5.74, 6) is 0.0921. The van der Waals surface area contributed by atoms with E-state index in [0.717, 1.165) is 0 Å². The highest BCUT2D eigenvalue weighted by molar-refractivity contribution is 5.65. The third-order valence-corrected chi connectivity index (χ3v) is 1.07. The predicted molar refractivity (Wildman–Crippen MR) is 38.4 cm³/mol. The van der Waals surface area contributed by atoms with E-state index < -0.39 is 0 Å². The van der Waals surface area contributed by atoms with Gasteiger partial charge < -0.3 is 15.0 Å². The molecule has 1 rings (SSSR count). The first-order valence-electron chi connectivity index (χ1n) is 3.09. The minimum Gasteiger partial charge on any atom is -0.444 e. The van der Waals surface area contributed by atoms with Crippen LogP contribution in [0.4, 0.5) is 5.82 Å². The lowest BCUT2D eigenvalue weighted by Crippen LogP contribution is -2.03. The van der Waals surface area contributed by atoms with E-state index in [1.165, 1.54) is 13.3 Å². The van der Waals surface area contributed by atoms with Gasteiger partial charge in [-0.3, -0.25) is 4.79 Å². The number of carbonyl (C=O) groups excluding carboxylic acids is 1. The highest BCUT2D eigenvalue weighted by atomic mass is 16.5. The zero-order chi connectivity index (χ0) is 8.27. The molecule has 0 saturated carbocycles. The van der Waals surface area contributed by atoms with Gasteiger partial charge in [-0.25, -0.2) is 4.98 Å². The Morgan fingerprint density at radius 2 is 2.64 bits per heavy atom. The maximum Gasteiger partial charge on any atom is 0.304 e. The van der Waals surface area contributed by atoms with Crippen LogP contribution in [-0.2, 0) is 16.3 Å². The van der Waals surface area contributed by atoms with Crippen LogP contribution in [0, 0.1) is 0 Å². The first-order chi connectivity index (χ1) is 5.18. The molecule has 60 valence electrons. The number of rotatable bonds is 2. The number of nitrogens with two attached hydrogens (primary N) is 1. The zero-order valence-corrected chi connectivity index (χ0v) is 6.15. The molecule has 0 amide bonds. The number of carbonyl (C=O) groups is 1. The molecule has 0 saturated heterocycles. The molecule has 0 radical (unpaired) electrons. The highest BCUT2D eigenvalue weighted by Gasteiger charge is 1.95. The van der Waals surface area contributed by atoms with E-state index in [-0.39, 0.29) is 12.7 Å². The van der Waals surface area contributed by atoms with E-state index in [0.29, 0.717) is 5.82 Å². The Morgan fingerprint density at radius 3 is 3.09 bits per heavy atom. The van der Waals surface area contributed by atoms with Crippen molar-refractivity contribution >= 4 is 11.8 Å². The van der Waals surface area contributed by atoms with Crippen LogP contribution in [0.5, 0.6) is 0 Å². The summed E-state index contributed by atoms with van der Waals surface area (Å²) in [4.78, 5) is 14.1. The van der Waals surface area contributed by atoms with Gasteiger partial charge in [-0.05, 0) is 0 Å². The zero-order valence-electron chi connectivity index (χ0n) is 6.15. The topological polar surface area (TPSA) is 70.1 Å². The van der Waals surface area contributed by atoms with E-state index in [2.05, 4.69) is 9.72 Å². The lowest BCUT2D eigenvalue weighted by Gasteiger charge is -2.00. The molecular weight excluding hydrogens is 146 g/mol. The van der Waals surface area contributed by atoms with Gasteiger partial charge in [-0.1, -0.05) is 0 Å². The number of hydrogen-bond donors (Lipinski definition) is 1. The van der Waals surface area contributed by atoms with Crippen LogP contribution in [-0.4, -0.2) is 15.5 Å². The normalized spacial score (nSPS) is 9.55. The number of imidazole rings is 1. The van der Waals surface area contributed by atoms with E-state index in [1.807, 2.05) is 0 Å². The fourth-order valence-electron chi connectivity index (χ4n) is 0.613. The van der Waals surface area contributed by atoms with Gasteiger partial charge in [0.25, 0.3) is 0 Å². The first kappa shape index (κ1) is 7.59.